The van der Waals surface area contributed by atoms with Crippen LogP contribution in [-0.4, -0.2) is 105 Å². The van der Waals surface area contributed by atoms with Crippen molar-refractivity contribution >= 4 is 72.3 Å². The average molecular weight is 924 g/mol. The van der Waals surface area contributed by atoms with Gasteiger partial charge in [-0.05, 0) is 123 Å². The minimum absolute atomic E-state index is 0.201. The lowest BCUT2D eigenvalue weighted by Gasteiger charge is -2.50. The lowest BCUT2D eigenvalue weighted by molar-refractivity contribution is -0.118. The first-order chi connectivity index (χ1) is 27.7. The molecule has 0 aromatic heterocycles. The van der Waals surface area contributed by atoms with Gasteiger partial charge in [0.05, 0.1) is 0 Å². The third kappa shape index (κ3) is 21.0. The predicted octanol–water partition coefficient (Wildman–Crippen LogP) is 5.56. The van der Waals surface area contributed by atoms with Gasteiger partial charge in [0.15, 0.2) is 0 Å². The van der Waals surface area contributed by atoms with E-state index in [9.17, 15) is 24.0 Å². The molecule has 0 spiro atoms. The maximum Gasteiger partial charge on any atom is 0.344 e. The molecule has 1 aliphatic rings. The fraction of sp³-hybridized carbons (Fsp3) is 0.575. The number of hydrogen-bond acceptors (Lipinski definition) is 10. The highest BCUT2D eigenvalue weighted by molar-refractivity contribution is 6.95. The zero-order chi connectivity index (χ0) is 46.0. The summed E-state index contributed by atoms with van der Waals surface area (Å²) in [4.78, 5) is 62.0. The Morgan fingerprint density at radius 3 is 0.900 bits per heavy atom. The van der Waals surface area contributed by atoms with Gasteiger partial charge in [0.1, 0.15) is 0 Å². The van der Waals surface area contributed by atoms with E-state index in [2.05, 4.69) is 59.5 Å². The van der Waals surface area contributed by atoms with E-state index in [0.29, 0.717) is 104 Å². The van der Waals surface area contributed by atoms with Crippen LogP contribution in [0.5, 0.6) is 0 Å². The monoisotopic (exact) mass is 923 g/mol. The van der Waals surface area contributed by atoms with E-state index in [4.69, 9.17) is 20.6 Å². The summed E-state index contributed by atoms with van der Waals surface area (Å²) in [6.07, 6.45) is 3.99. The second kappa shape index (κ2) is 24.9. The van der Waals surface area contributed by atoms with Crippen LogP contribution in [0.2, 0.25) is 56.9 Å². The van der Waals surface area contributed by atoms with Crippen molar-refractivity contribution in [3.8, 4) is 0 Å². The fourth-order valence-electron chi connectivity index (χ4n) is 6.43. The van der Waals surface area contributed by atoms with Crippen molar-refractivity contribution in [3.63, 3.8) is 0 Å². The quantitative estimate of drug-likeness (QED) is 0.0466. The molecule has 1 saturated heterocycles. The molecule has 60 heavy (non-hydrogen) atoms. The first-order valence-corrected chi connectivity index (χ1v) is 33.0. The highest BCUT2D eigenvalue weighted by Gasteiger charge is 2.56. The lowest BCUT2D eigenvalue weighted by atomic mass is 10.3. The van der Waals surface area contributed by atoms with E-state index >= 15 is 0 Å². The van der Waals surface area contributed by atoms with Crippen LogP contribution in [0.15, 0.2) is 72.5 Å². The van der Waals surface area contributed by atoms with E-state index in [0.717, 1.165) is 0 Å². The molecule has 0 radical (unpaired) electrons. The summed E-state index contributed by atoms with van der Waals surface area (Å²) in [5, 5.41) is 14.5. The van der Waals surface area contributed by atoms with Gasteiger partial charge < -0.3 is 47.2 Å². The normalized spacial score (nSPS) is 25.6. The predicted molar refractivity (Wildman–Crippen MR) is 249 cm³/mol. The van der Waals surface area contributed by atoms with Gasteiger partial charge in [-0.25, -0.2) is 0 Å². The Balaban J connectivity index is 3.91. The SMILES string of the molecule is C=C(C)C(=O)NCC=C[Si]1(C)O[Si](C)(CCCNC(=O)C(=C)C)O[Si](C)(CCCNC(=O)C(=C)C)O[Si](C)(CCCNC(=O)C(=C)C)O[Si](C)(CCCNC(=O)C(=C)C)O1. The smallest absolute Gasteiger partial charge is 0.344 e. The number of carbonyl (C=O) groups excluding carboxylic acids is 5. The molecule has 5 N–H and O–H groups in total. The van der Waals surface area contributed by atoms with Crippen LogP contribution in [0.4, 0.5) is 0 Å². The molecular weight excluding hydrogens is 851 g/mol. The van der Waals surface area contributed by atoms with Gasteiger partial charge in [0.25, 0.3) is 0 Å². The molecule has 0 aliphatic carbocycles. The number of carbonyl (C=O) groups is 5. The standard InChI is InChI=1S/C40H73N5O10Si5/c1-31(2)36(46)41-21-16-26-56(11)51-57(12,27-17-22-42-37(47)32(3)4)53-59(14,29-19-24-44-39(49)34(7)8)55-60(15,30-20-25-45-40(50)35(9)10)54-58(13,52-56)28-18-23-43-38(48)33(5)6/h16,26H,1,3,5,7,9,17-25,27-30H2,2,4,6,8,10-15H3,(H,41,46)(H,42,47)(H,43,48)(H,44,49)(H,45,50). The molecule has 0 bridgehead atoms. The summed E-state index contributed by atoms with van der Waals surface area (Å²) in [6, 6.07) is 1.94. The fourth-order valence-corrected chi connectivity index (χ4v) is 34.6. The Hall–Kier alpha value is -3.33. The zero-order valence-corrected chi connectivity index (χ0v) is 43.0. The molecule has 1 aliphatic heterocycles. The molecule has 0 saturated carbocycles. The minimum atomic E-state index is -3.43. The van der Waals surface area contributed by atoms with Gasteiger partial charge in [-0.3, -0.25) is 24.0 Å². The van der Waals surface area contributed by atoms with Crippen molar-refractivity contribution in [1.82, 2.24) is 26.6 Å². The molecule has 4 unspecified atom stereocenters. The van der Waals surface area contributed by atoms with E-state index in [1.165, 1.54) is 0 Å². The maximum atomic E-state index is 12.4. The van der Waals surface area contributed by atoms with Crippen LogP contribution < -0.4 is 26.6 Å². The summed E-state index contributed by atoms with van der Waals surface area (Å²) < 4.78 is 36.5. The summed E-state index contributed by atoms with van der Waals surface area (Å²) in [7, 11) is -16.6. The van der Waals surface area contributed by atoms with Crippen molar-refractivity contribution in [3.05, 3.63) is 72.5 Å². The van der Waals surface area contributed by atoms with Crippen LogP contribution in [0.25, 0.3) is 0 Å². The molecule has 20 heteroatoms. The number of rotatable bonds is 24. The van der Waals surface area contributed by atoms with Crippen LogP contribution in [0, 0.1) is 0 Å². The highest BCUT2D eigenvalue weighted by Crippen LogP contribution is 2.38. The van der Waals surface area contributed by atoms with E-state index < -0.39 is 42.8 Å². The van der Waals surface area contributed by atoms with Crippen LogP contribution in [0.3, 0.4) is 0 Å². The van der Waals surface area contributed by atoms with Crippen molar-refractivity contribution in [2.24, 2.45) is 0 Å². The Kier molecular flexibility index (Phi) is 22.7. The Bertz CT molecular complexity index is 1570. The molecule has 4 atom stereocenters. The topological polar surface area (TPSA) is 192 Å². The summed E-state index contributed by atoms with van der Waals surface area (Å²) in [5.41, 5.74) is 3.90. The van der Waals surface area contributed by atoms with Gasteiger partial charge >= 0.3 is 42.8 Å². The first-order valence-electron chi connectivity index (χ1n) is 20.5. The molecule has 5 amide bonds. The van der Waals surface area contributed by atoms with Crippen molar-refractivity contribution in [1.29, 1.82) is 0 Å². The van der Waals surface area contributed by atoms with Gasteiger partial charge in [-0.2, -0.15) is 0 Å². The average Bonchev–Trinajstić information content (AvgIpc) is 3.12. The first kappa shape index (κ1) is 54.7. The van der Waals surface area contributed by atoms with Gasteiger partial charge in [-0.1, -0.05) is 39.0 Å². The third-order valence-corrected chi connectivity index (χ3v) is 32.2. The molecule has 15 nitrogen and oxygen atoms in total. The van der Waals surface area contributed by atoms with Gasteiger partial charge in [0, 0.05) is 60.6 Å². The molecule has 1 rings (SSSR count). The molecule has 0 aromatic carbocycles. The molecule has 338 valence electrons. The van der Waals surface area contributed by atoms with Crippen molar-refractivity contribution in [2.75, 3.05) is 32.7 Å². The largest absolute Gasteiger partial charge is 0.416 e. The second-order valence-electron chi connectivity index (χ2n) is 16.5. The number of hydrogen-bond donors (Lipinski definition) is 5. The number of amides is 5. The summed E-state index contributed by atoms with van der Waals surface area (Å²) >= 11 is 0. The Labute approximate surface area is 364 Å². The Morgan fingerprint density at radius 1 is 0.417 bits per heavy atom. The molecule has 0 aromatic rings. The van der Waals surface area contributed by atoms with E-state index in [1.54, 1.807) is 34.6 Å². The van der Waals surface area contributed by atoms with E-state index in [1.807, 2.05) is 44.5 Å². The van der Waals surface area contributed by atoms with Crippen molar-refractivity contribution in [2.45, 2.75) is 117 Å². The lowest BCUT2D eigenvalue weighted by Crippen LogP contribution is -2.67. The molecular formula is C40H73N5O10Si5. The van der Waals surface area contributed by atoms with Gasteiger partial charge in [-0.15, -0.1) is 0 Å². The summed E-state index contributed by atoms with van der Waals surface area (Å²) in [6.45, 7) is 38.6. The van der Waals surface area contributed by atoms with Crippen molar-refractivity contribution < 1.29 is 44.5 Å². The molecule has 1 heterocycles. The van der Waals surface area contributed by atoms with Crippen LogP contribution in [0.1, 0.15) is 60.3 Å². The summed E-state index contributed by atoms with van der Waals surface area (Å²) in [5.74, 6) is -1.23. The zero-order valence-electron chi connectivity index (χ0n) is 38.0. The van der Waals surface area contributed by atoms with Crippen LogP contribution >= 0.6 is 0 Å². The van der Waals surface area contributed by atoms with E-state index in [-0.39, 0.29) is 36.1 Å². The molecule has 1 fully saturated rings. The minimum Gasteiger partial charge on any atom is -0.416 e. The number of nitrogens with one attached hydrogen (secondary N) is 5. The maximum absolute atomic E-state index is 12.4. The third-order valence-electron chi connectivity index (χ3n) is 9.24. The van der Waals surface area contributed by atoms with Crippen LogP contribution in [-0.2, 0) is 44.5 Å². The van der Waals surface area contributed by atoms with Gasteiger partial charge in [0.2, 0.25) is 29.5 Å². The second-order valence-corrected chi connectivity index (χ2v) is 34.0. The Morgan fingerprint density at radius 2 is 0.650 bits per heavy atom. The highest BCUT2D eigenvalue weighted by atomic mass is 28.5.